The first-order valence-corrected chi connectivity index (χ1v) is 7.48. The molecule has 3 rings (SSSR count). The monoisotopic (exact) mass is 274 g/mol. The van der Waals surface area contributed by atoms with Crippen molar-refractivity contribution in [2.45, 2.75) is 18.9 Å². The predicted octanol–water partition coefficient (Wildman–Crippen LogP) is 0.591. The van der Waals surface area contributed by atoms with Gasteiger partial charge in [-0.15, -0.1) is 0 Å². The van der Waals surface area contributed by atoms with Crippen molar-refractivity contribution < 1.29 is 4.79 Å². The Morgan fingerprint density at radius 3 is 2.95 bits per heavy atom. The molecule has 0 spiro atoms. The van der Waals surface area contributed by atoms with Crippen molar-refractivity contribution >= 4 is 5.91 Å². The topological polar surface area (TPSA) is 48.5 Å². The maximum Gasteiger partial charge on any atom is 0.255 e. The summed E-state index contributed by atoms with van der Waals surface area (Å²) in [4.78, 5) is 21.1. The van der Waals surface area contributed by atoms with Crippen LogP contribution in [0.2, 0.25) is 0 Å². The van der Waals surface area contributed by atoms with Gasteiger partial charge in [0.2, 0.25) is 0 Å². The third kappa shape index (κ3) is 2.99. The van der Waals surface area contributed by atoms with Crippen molar-refractivity contribution in [3.05, 3.63) is 30.1 Å². The molecule has 5 nitrogen and oxygen atoms in total. The van der Waals surface area contributed by atoms with Crippen molar-refractivity contribution in [2.75, 3.05) is 39.3 Å². The lowest BCUT2D eigenvalue weighted by Gasteiger charge is -2.33. The van der Waals surface area contributed by atoms with E-state index in [0.717, 1.165) is 52.1 Å². The summed E-state index contributed by atoms with van der Waals surface area (Å²) < 4.78 is 0. The van der Waals surface area contributed by atoms with Gasteiger partial charge in [0.15, 0.2) is 0 Å². The molecule has 5 heteroatoms. The van der Waals surface area contributed by atoms with E-state index in [2.05, 4.69) is 15.2 Å². The Labute approximate surface area is 120 Å². The predicted molar refractivity (Wildman–Crippen MR) is 77.6 cm³/mol. The third-order valence-corrected chi connectivity index (χ3v) is 4.23. The van der Waals surface area contributed by atoms with E-state index in [1.165, 1.54) is 0 Å². The maximum absolute atomic E-state index is 12.6. The van der Waals surface area contributed by atoms with Crippen LogP contribution in [0.1, 0.15) is 23.2 Å². The lowest BCUT2D eigenvalue weighted by atomic mass is 10.1. The zero-order valence-electron chi connectivity index (χ0n) is 11.8. The van der Waals surface area contributed by atoms with Crippen LogP contribution in [0.25, 0.3) is 0 Å². The molecule has 1 unspecified atom stereocenters. The molecule has 0 bridgehead atoms. The molecule has 2 fully saturated rings. The van der Waals surface area contributed by atoms with Crippen molar-refractivity contribution in [2.24, 2.45) is 0 Å². The minimum Gasteiger partial charge on any atom is -0.334 e. The van der Waals surface area contributed by atoms with Gasteiger partial charge in [0, 0.05) is 57.7 Å². The van der Waals surface area contributed by atoms with Crippen LogP contribution in [0, 0.1) is 0 Å². The second-order valence-corrected chi connectivity index (χ2v) is 5.59. The normalized spacial score (nSPS) is 24.0. The number of nitrogens with one attached hydrogen (secondary N) is 1. The van der Waals surface area contributed by atoms with E-state index < -0.39 is 0 Å². The van der Waals surface area contributed by atoms with Crippen LogP contribution < -0.4 is 5.32 Å². The molecular weight excluding hydrogens is 252 g/mol. The molecule has 108 valence electrons. The Morgan fingerprint density at radius 1 is 1.35 bits per heavy atom. The molecule has 3 heterocycles. The van der Waals surface area contributed by atoms with E-state index in [0.29, 0.717) is 11.6 Å². The summed E-state index contributed by atoms with van der Waals surface area (Å²) in [7, 11) is 0. The summed E-state index contributed by atoms with van der Waals surface area (Å²) in [5, 5.41) is 3.37. The number of piperazine rings is 1. The summed E-state index contributed by atoms with van der Waals surface area (Å²) in [5.74, 6) is 0.135. The van der Waals surface area contributed by atoms with E-state index in [1.54, 1.807) is 12.4 Å². The fourth-order valence-electron chi connectivity index (χ4n) is 3.14. The molecule has 1 aromatic heterocycles. The highest BCUT2D eigenvalue weighted by atomic mass is 16.2. The van der Waals surface area contributed by atoms with Gasteiger partial charge >= 0.3 is 0 Å². The number of hydrogen-bond donors (Lipinski definition) is 1. The molecule has 0 saturated carbocycles. The third-order valence-electron chi connectivity index (χ3n) is 4.23. The van der Waals surface area contributed by atoms with E-state index in [-0.39, 0.29) is 5.91 Å². The fraction of sp³-hybridized carbons (Fsp3) is 0.600. The van der Waals surface area contributed by atoms with Crippen LogP contribution in [0.15, 0.2) is 24.5 Å². The van der Waals surface area contributed by atoms with Crippen LogP contribution in [-0.4, -0.2) is 66.0 Å². The number of hydrogen-bond acceptors (Lipinski definition) is 4. The SMILES string of the molecule is O=C(c1cccnc1)N1CCCC1CN1CCNCC1. The lowest BCUT2D eigenvalue weighted by Crippen LogP contribution is -2.49. The van der Waals surface area contributed by atoms with Crippen LogP contribution in [0.4, 0.5) is 0 Å². The fourth-order valence-corrected chi connectivity index (χ4v) is 3.14. The average molecular weight is 274 g/mol. The van der Waals surface area contributed by atoms with E-state index >= 15 is 0 Å². The first-order chi connectivity index (χ1) is 9.84. The average Bonchev–Trinajstić information content (AvgIpc) is 2.96. The molecular formula is C15H22N4O. The number of nitrogens with zero attached hydrogens (tertiary/aromatic N) is 3. The van der Waals surface area contributed by atoms with E-state index in [9.17, 15) is 4.79 Å². The number of pyridine rings is 1. The van der Waals surface area contributed by atoms with Crippen molar-refractivity contribution in [1.29, 1.82) is 0 Å². The Balaban J connectivity index is 1.64. The number of rotatable bonds is 3. The molecule has 1 aromatic rings. The molecule has 20 heavy (non-hydrogen) atoms. The Bertz CT molecular complexity index is 444. The summed E-state index contributed by atoms with van der Waals surface area (Å²) in [6.45, 7) is 6.18. The molecule has 2 saturated heterocycles. The highest BCUT2D eigenvalue weighted by molar-refractivity contribution is 5.94. The second kappa shape index (κ2) is 6.33. The minimum absolute atomic E-state index is 0.135. The van der Waals surface area contributed by atoms with Gasteiger partial charge < -0.3 is 10.2 Å². The number of amides is 1. The van der Waals surface area contributed by atoms with Crippen molar-refractivity contribution in [3.63, 3.8) is 0 Å². The largest absolute Gasteiger partial charge is 0.334 e. The van der Waals surface area contributed by atoms with E-state index in [4.69, 9.17) is 0 Å². The molecule has 1 N–H and O–H groups in total. The van der Waals surface area contributed by atoms with Crippen LogP contribution in [0.3, 0.4) is 0 Å². The minimum atomic E-state index is 0.135. The maximum atomic E-state index is 12.6. The van der Waals surface area contributed by atoms with Crippen molar-refractivity contribution in [3.8, 4) is 0 Å². The number of aromatic nitrogens is 1. The van der Waals surface area contributed by atoms with Gasteiger partial charge in [-0.2, -0.15) is 0 Å². The van der Waals surface area contributed by atoms with Crippen LogP contribution in [-0.2, 0) is 0 Å². The molecule has 0 aliphatic carbocycles. The van der Waals surface area contributed by atoms with Gasteiger partial charge in [0.05, 0.1) is 5.56 Å². The van der Waals surface area contributed by atoms with Gasteiger partial charge in [-0.25, -0.2) is 0 Å². The standard InChI is InChI=1S/C15H22N4O/c20-15(13-3-1-5-17-11-13)19-8-2-4-14(19)12-18-9-6-16-7-10-18/h1,3,5,11,14,16H,2,4,6-10,12H2. The highest BCUT2D eigenvalue weighted by Crippen LogP contribution is 2.21. The van der Waals surface area contributed by atoms with Gasteiger partial charge in [0.25, 0.3) is 5.91 Å². The molecule has 2 aliphatic heterocycles. The lowest BCUT2D eigenvalue weighted by molar-refractivity contribution is 0.0693. The summed E-state index contributed by atoms with van der Waals surface area (Å²) in [6.07, 6.45) is 5.61. The number of carbonyl (C=O) groups is 1. The Hall–Kier alpha value is -1.46. The first kappa shape index (κ1) is 13.5. The first-order valence-electron chi connectivity index (χ1n) is 7.48. The molecule has 0 radical (unpaired) electrons. The highest BCUT2D eigenvalue weighted by Gasteiger charge is 2.31. The zero-order chi connectivity index (χ0) is 13.8. The van der Waals surface area contributed by atoms with Crippen molar-refractivity contribution in [1.82, 2.24) is 20.1 Å². The summed E-state index contributed by atoms with van der Waals surface area (Å²) >= 11 is 0. The second-order valence-electron chi connectivity index (χ2n) is 5.59. The van der Waals surface area contributed by atoms with Gasteiger partial charge in [-0.05, 0) is 25.0 Å². The zero-order valence-corrected chi connectivity index (χ0v) is 11.8. The van der Waals surface area contributed by atoms with Gasteiger partial charge in [-0.1, -0.05) is 0 Å². The molecule has 2 aliphatic rings. The Kier molecular flexibility index (Phi) is 4.28. The van der Waals surface area contributed by atoms with Gasteiger partial charge in [0.1, 0.15) is 0 Å². The molecule has 0 aromatic carbocycles. The smallest absolute Gasteiger partial charge is 0.255 e. The number of likely N-dealkylation sites (tertiary alicyclic amines) is 1. The van der Waals surface area contributed by atoms with Crippen LogP contribution in [0.5, 0.6) is 0 Å². The number of carbonyl (C=O) groups excluding carboxylic acids is 1. The molecule has 1 atom stereocenters. The quantitative estimate of drug-likeness (QED) is 0.876. The van der Waals surface area contributed by atoms with E-state index in [1.807, 2.05) is 17.0 Å². The molecule has 1 amide bonds. The summed E-state index contributed by atoms with van der Waals surface area (Å²) in [5.41, 5.74) is 0.708. The summed E-state index contributed by atoms with van der Waals surface area (Å²) in [6, 6.07) is 4.05. The Morgan fingerprint density at radius 2 is 2.20 bits per heavy atom. The van der Waals surface area contributed by atoms with Crippen LogP contribution >= 0.6 is 0 Å². The van der Waals surface area contributed by atoms with Gasteiger partial charge in [-0.3, -0.25) is 14.7 Å².